The summed E-state index contributed by atoms with van der Waals surface area (Å²) in [5.41, 5.74) is 0.975. The Morgan fingerprint density at radius 3 is 1.92 bits per heavy atom. The van der Waals surface area contributed by atoms with E-state index in [1.165, 1.54) is 6.08 Å². The molecule has 0 spiro atoms. The van der Waals surface area contributed by atoms with Crippen LogP contribution in [0.5, 0.6) is 5.75 Å². The molecule has 122 valence electrons. The first-order valence-electron chi connectivity index (χ1n) is 7.14. The summed E-state index contributed by atoms with van der Waals surface area (Å²) in [5, 5.41) is 0. The largest absolute Gasteiger partial charge is 0.423 e. The highest BCUT2D eigenvalue weighted by molar-refractivity contribution is 8.76. The van der Waals surface area contributed by atoms with E-state index in [4.69, 9.17) is 4.74 Å². The van der Waals surface area contributed by atoms with Crippen molar-refractivity contribution in [3.8, 4) is 5.75 Å². The van der Waals surface area contributed by atoms with Crippen molar-refractivity contribution in [2.75, 3.05) is 0 Å². The van der Waals surface area contributed by atoms with E-state index in [0.717, 1.165) is 21.4 Å². The van der Waals surface area contributed by atoms with Gasteiger partial charge in [0, 0.05) is 22.3 Å². The zero-order valence-corrected chi connectivity index (χ0v) is 14.6. The molecule has 0 aromatic heterocycles. The lowest BCUT2D eigenvalue weighted by Crippen LogP contribution is -2.02. The fourth-order valence-electron chi connectivity index (χ4n) is 1.75. The van der Waals surface area contributed by atoms with Crippen molar-refractivity contribution in [3.05, 3.63) is 79.4 Å². The molecule has 2 rings (SSSR count). The standard InChI is InChI=1S/C19H16O3S2/c1-3-15(20)13-14-5-9-17(10-6-14)23-24-18-11-7-16(8-12-18)22-19(21)4-2/h3-12H,1-2,13H2. The van der Waals surface area contributed by atoms with Crippen LogP contribution < -0.4 is 4.74 Å². The number of esters is 1. The van der Waals surface area contributed by atoms with Gasteiger partial charge in [0.2, 0.25) is 0 Å². The highest BCUT2D eigenvalue weighted by Gasteiger charge is 2.03. The van der Waals surface area contributed by atoms with Gasteiger partial charge in [0.15, 0.2) is 5.78 Å². The van der Waals surface area contributed by atoms with Gasteiger partial charge >= 0.3 is 5.97 Å². The SMILES string of the molecule is C=CC(=O)Cc1ccc(SSc2ccc(OC(=O)C=C)cc2)cc1. The van der Waals surface area contributed by atoms with Crippen molar-refractivity contribution in [3.63, 3.8) is 0 Å². The van der Waals surface area contributed by atoms with Crippen molar-refractivity contribution in [2.45, 2.75) is 16.2 Å². The summed E-state index contributed by atoms with van der Waals surface area (Å²) in [7, 11) is 3.22. The van der Waals surface area contributed by atoms with E-state index in [1.54, 1.807) is 33.7 Å². The van der Waals surface area contributed by atoms with Gasteiger partial charge in [-0.3, -0.25) is 4.79 Å². The molecule has 0 aliphatic heterocycles. The van der Waals surface area contributed by atoms with E-state index in [-0.39, 0.29) is 5.78 Å². The summed E-state index contributed by atoms with van der Waals surface area (Å²) >= 11 is 0. The highest BCUT2D eigenvalue weighted by atomic mass is 33.1. The zero-order valence-electron chi connectivity index (χ0n) is 12.9. The number of ketones is 1. The first kappa shape index (κ1) is 18.1. The third-order valence-electron chi connectivity index (χ3n) is 2.97. The molecule has 0 N–H and O–H groups in total. The van der Waals surface area contributed by atoms with Gasteiger partial charge in [-0.2, -0.15) is 0 Å². The van der Waals surface area contributed by atoms with E-state index in [2.05, 4.69) is 13.2 Å². The Morgan fingerprint density at radius 1 is 0.875 bits per heavy atom. The Labute approximate surface area is 149 Å². The van der Waals surface area contributed by atoms with Crippen LogP contribution in [0.1, 0.15) is 5.56 Å². The van der Waals surface area contributed by atoms with Crippen LogP contribution in [0.2, 0.25) is 0 Å². The molecular weight excluding hydrogens is 340 g/mol. The second-order valence-electron chi connectivity index (χ2n) is 4.75. The fourth-order valence-corrected chi connectivity index (χ4v) is 3.68. The van der Waals surface area contributed by atoms with E-state index >= 15 is 0 Å². The lowest BCUT2D eigenvalue weighted by Gasteiger charge is -2.04. The van der Waals surface area contributed by atoms with Crippen molar-refractivity contribution >= 4 is 33.3 Å². The number of carbonyl (C=O) groups is 2. The average molecular weight is 356 g/mol. The summed E-state index contributed by atoms with van der Waals surface area (Å²) in [5.74, 6) is 0.0346. The van der Waals surface area contributed by atoms with E-state index in [1.807, 2.05) is 36.4 Å². The van der Waals surface area contributed by atoms with Crippen LogP contribution in [0.4, 0.5) is 0 Å². The van der Waals surface area contributed by atoms with Crippen molar-refractivity contribution in [1.29, 1.82) is 0 Å². The van der Waals surface area contributed by atoms with Crippen LogP contribution in [-0.2, 0) is 16.0 Å². The maximum absolute atomic E-state index is 11.3. The molecule has 2 aromatic carbocycles. The van der Waals surface area contributed by atoms with Gasteiger partial charge in [-0.15, -0.1) is 0 Å². The lowest BCUT2D eigenvalue weighted by atomic mass is 10.1. The molecular formula is C19H16O3S2. The minimum absolute atomic E-state index is 0.0158. The number of hydrogen-bond acceptors (Lipinski definition) is 5. The van der Waals surface area contributed by atoms with Crippen LogP contribution >= 0.6 is 21.6 Å². The summed E-state index contributed by atoms with van der Waals surface area (Å²) in [6.07, 6.45) is 2.85. The summed E-state index contributed by atoms with van der Waals surface area (Å²) in [6, 6.07) is 15.1. The molecule has 0 atom stereocenters. The molecule has 0 aliphatic carbocycles. The van der Waals surface area contributed by atoms with Crippen LogP contribution in [0, 0.1) is 0 Å². The molecule has 0 radical (unpaired) electrons. The van der Waals surface area contributed by atoms with Crippen molar-refractivity contribution < 1.29 is 14.3 Å². The Balaban J connectivity index is 1.88. The summed E-state index contributed by atoms with van der Waals surface area (Å²) < 4.78 is 5.03. The molecule has 0 aliphatic rings. The fraction of sp³-hybridized carbons (Fsp3) is 0.0526. The van der Waals surface area contributed by atoms with Gasteiger partial charge in [0.05, 0.1) is 0 Å². The number of hydrogen-bond donors (Lipinski definition) is 0. The predicted molar refractivity (Wildman–Crippen MR) is 99.3 cm³/mol. The van der Waals surface area contributed by atoms with Gasteiger partial charge in [-0.05, 0) is 48.0 Å². The lowest BCUT2D eigenvalue weighted by molar-refractivity contribution is -0.129. The Morgan fingerprint density at radius 2 is 1.42 bits per heavy atom. The van der Waals surface area contributed by atoms with Gasteiger partial charge in [-0.25, -0.2) is 4.79 Å². The quantitative estimate of drug-likeness (QED) is 0.292. The molecule has 0 saturated carbocycles. The second-order valence-corrected chi connectivity index (χ2v) is 7.03. The number of rotatable bonds is 8. The molecule has 24 heavy (non-hydrogen) atoms. The molecule has 2 aromatic rings. The molecule has 0 unspecified atom stereocenters. The first-order valence-corrected chi connectivity index (χ1v) is 9.28. The predicted octanol–water partition coefficient (Wildman–Crippen LogP) is 4.88. The van der Waals surface area contributed by atoms with E-state index < -0.39 is 5.97 Å². The number of ether oxygens (including phenoxy) is 1. The average Bonchev–Trinajstić information content (AvgIpc) is 2.62. The molecule has 0 heterocycles. The zero-order chi connectivity index (χ0) is 17.4. The summed E-state index contributed by atoms with van der Waals surface area (Å²) in [6.45, 7) is 6.83. The molecule has 0 saturated heterocycles. The minimum Gasteiger partial charge on any atom is -0.423 e. The molecule has 5 heteroatoms. The van der Waals surface area contributed by atoms with Crippen molar-refractivity contribution in [1.82, 2.24) is 0 Å². The topological polar surface area (TPSA) is 43.4 Å². The third kappa shape index (κ3) is 5.76. The molecule has 3 nitrogen and oxygen atoms in total. The Hall–Kier alpha value is -2.24. The van der Waals surface area contributed by atoms with Gasteiger partial charge < -0.3 is 4.74 Å². The second kappa shape index (κ2) is 9.15. The highest BCUT2D eigenvalue weighted by Crippen LogP contribution is 2.37. The van der Waals surface area contributed by atoms with Gasteiger partial charge in [0.1, 0.15) is 5.75 Å². The van der Waals surface area contributed by atoms with E-state index in [0.29, 0.717) is 12.2 Å². The monoisotopic (exact) mass is 356 g/mol. The first-order chi connectivity index (χ1) is 11.6. The van der Waals surface area contributed by atoms with Crippen LogP contribution in [0.15, 0.2) is 83.6 Å². The van der Waals surface area contributed by atoms with Crippen LogP contribution in [0.25, 0.3) is 0 Å². The third-order valence-corrected chi connectivity index (χ3v) is 5.39. The minimum atomic E-state index is -0.472. The van der Waals surface area contributed by atoms with Crippen LogP contribution in [0.3, 0.4) is 0 Å². The molecule has 0 amide bonds. The Kier molecular flexibility index (Phi) is 6.90. The smallest absolute Gasteiger partial charge is 0.335 e. The number of allylic oxidation sites excluding steroid dienone is 1. The van der Waals surface area contributed by atoms with Crippen molar-refractivity contribution in [2.24, 2.45) is 0 Å². The van der Waals surface area contributed by atoms with E-state index in [9.17, 15) is 9.59 Å². The normalized spacial score (nSPS) is 10.0. The maximum atomic E-state index is 11.3. The van der Waals surface area contributed by atoms with Gasteiger partial charge in [-0.1, -0.05) is 46.9 Å². The Bertz CT molecular complexity index is 669. The molecule has 0 fully saturated rings. The number of benzene rings is 2. The van der Waals surface area contributed by atoms with Crippen LogP contribution in [-0.4, -0.2) is 11.8 Å². The van der Waals surface area contributed by atoms with Gasteiger partial charge in [0.25, 0.3) is 0 Å². The molecule has 0 bridgehead atoms. The number of carbonyl (C=O) groups excluding carboxylic acids is 2. The summed E-state index contributed by atoms with van der Waals surface area (Å²) in [4.78, 5) is 24.6. The maximum Gasteiger partial charge on any atom is 0.335 e.